The predicted octanol–water partition coefficient (Wildman–Crippen LogP) is 7.60. The van der Waals surface area contributed by atoms with Crippen molar-refractivity contribution in [3.8, 4) is 11.1 Å². The number of benzene rings is 4. The van der Waals surface area contributed by atoms with Crippen molar-refractivity contribution >= 4 is 17.1 Å². The van der Waals surface area contributed by atoms with E-state index in [4.69, 9.17) is 0 Å². The molecule has 0 amide bonds. The Morgan fingerprint density at radius 1 is 0.586 bits per heavy atom. The molecule has 0 spiro atoms. The van der Waals surface area contributed by atoms with Crippen molar-refractivity contribution in [2.75, 3.05) is 4.90 Å². The van der Waals surface area contributed by atoms with Gasteiger partial charge in [0.05, 0.1) is 0 Å². The van der Waals surface area contributed by atoms with Gasteiger partial charge in [0.2, 0.25) is 0 Å². The summed E-state index contributed by atoms with van der Waals surface area (Å²) in [7, 11) is 0. The van der Waals surface area contributed by atoms with Crippen LogP contribution in [0.25, 0.3) is 11.1 Å². The van der Waals surface area contributed by atoms with Crippen LogP contribution in [0.2, 0.25) is 0 Å². The summed E-state index contributed by atoms with van der Waals surface area (Å²) < 4.78 is 14.1. The van der Waals surface area contributed by atoms with Crippen molar-refractivity contribution < 1.29 is 4.39 Å². The van der Waals surface area contributed by atoms with Gasteiger partial charge in [0.15, 0.2) is 0 Å². The van der Waals surface area contributed by atoms with Gasteiger partial charge in [0, 0.05) is 22.5 Å². The molecule has 4 aromatic carbocycles. The highest BCUT2D eigenvalue weighted by atomic mass is 19.1. The zero-order valence-corrected chi connectivity index (χ0v) is 16.6. The molecule has 0 saturated carbocycles. The fourth-order valence-electron chi connectivity index (χ4n) is 4.47. The van der Waals surface area contributed by atoms with Gasteiger partial charge in [0.25, 0.3) is 0 Å². The van der Waals surface area contributed by atoms with E-state index in [9.17, 15) is 4.39 Å². The second-order valence-electron chi connectivity index (χ2n) is 8.05. The first-order valence-electron chi connectivity index (χ1n) is 9.91. The number of anilines is 3. The molecule has 0 aliphatic heterocycles. The molecule has 1 aliphatic rings. The molecule has 0 heterocycles. The van der Waals surface area contributed by atoms with Crippen LogP contribution in [0.1, 0.15) is 25.0 Å². The first-order chi connectivity index (χ1) is 14.1. The van der Waals surface area contributed by atoms with Crippen molar-refractivity contribution in [2.24, 2.45) is 0 Å². The van der Waals surface area contributed by atoms with Gasteiger partial charge in [-0.3, -0.25) is 0 Å². The third-order valence-corrected chi connectivity index (χ3v) is 5.91. The molecule has 4 aromatic rings. The van der Waals surface area contributed by atoms with Crippen LogP contribution in [0.4, 0.5) is 21.5 Å². The number of nitrogens with zero attached hydrogens (tertiary/aromatic N) is 1. The lowest BCUT2D eigenvalue weighted by Gasteiger charge is -2.28. The van der Waals surface area contributed by atoms with Gasteiger partial charge in [-0.25, -0.2) is 4.39 Å². The molecule has 1 nitrogen and oxygen atoms in total. The average Bonchev–Trinajstić information content (AvgIpc) is 2.97. The summed E-state index contributed by atoms with van der Waals surface area (Å²) in [6, 6.07) is 32.1. The maximum atomic E-state index is 14.1. The maximum absolute atomic E-state index is 14.1. The number of hydrogen-bond acceptors (Lipinski definition) is 1. The van der Waals surface area contributed by atoms with Crippen LogP contribution in [-0.4, -0.2) is 0 Å². The van der Waals surface area contributed by atoms with Crippen LogP contribution in [0, 0.1) is 5.82 Å². The van der Waals surface area contributed by atoms with Gasteiger partial charge in [-0.2, -0.15) is 0 Å². The zero-order chi connectivity index (χ0) is 20.0. The summed E-state index contributed by atoms with van der Waals surface area (Å²) in [5, 5.41) is 0. The van der Waals surface area contributed by atoms with Crippen molar-refractivity contribution in [3.63, 3.8) is 0 Å². The Balaban J connectivity index is 1.70. The number of rotatable bonds is 3. The summed E-state index contributed by atoms with van der Waals surface area (Å²) >= 11 is 0. The molecule has 142 valence electrons. The second-order valence-corrected chi connectivity index (χ2v) is 8.05. The van der Waals surface area contributed by atoms with Crippen molar-refractivity contribution in [3.05, 3.63) is 114 Å². The van der Waals surface area contributed by atoms with Crippen molar-refractivity contribution in [2.45, 2.75) is 19.3 Å². The monoisotopic (exact) mass is 379 g/mol. The molecule has 0 bridgehead atoms. The summed E-state index contributed by atoms with van der Waals surface area (Å²) in [4.78, 5) is 2.11. The Morgan fingerprint density at radius 2 is 1.24 bits per heavy atom. The van der Waals surface area contributed by atoms with Gasteiger partial charge in [0.1, 0.15) is 5.82 Å². The van der Waals surface area contributed by atoms with Crippen LogP contribution in [0.3, 0.4) is 0 Å². The van der Waals surface area contributed by atoms with Gasteiger partial charge < -0.3 is 4.90 Å². The lowest BCUT2D eigenvalue weighted by Crippen LogP contribution is -2.16. The molecule has 0 radical (unpaired) electrons. The number of fused-ring (bicyclic) bond motifs is 3. The zero-order valence-electron chi connectivity index (χ0n) is 16.6. The Bertz CT molecular complexity index is 1190. The highest BCUT2D eigenvalue weighted by Gasteiger charge is 2.35. The minimum atomic E-state index is -0.239. The highest BCUT2D eigenvalue weighted by Crippen LogP contribution is 2.50. The van der Waals surface area contributed by atoms with E-state index in [0.29, 0.717) is 0 Å². The van der Waals surface area contributed by atoms with Crippen LogP contribution < -0.4 is 4.90 Å². The molecule has 0 saturated heterocycles. The third-order valence-electron chi connectivity index (χ3n) is 5.91. The van der Waals surface area contributed by atoms with Crippen LogP contribution >= 0.6 is 0 Å². The van der Waals surface area contributed by atoms with E-state index in [1.807, 2.05) is 24.3 Å². The first-order valence-corrected chi connectivity index (χ1v) is 9.91. The number of para-hydroxylation sites is 1. The molecular formula is C27H22FN. The molecule has 0 N–H and O–H groups in total. The molecule has 29 heavy (non-hydrogen) atoms. The Labute approximate surface area is 171 Å². The van der Waals surface area contributed by atoms with Crippen LogP contribution in [0.5, 0.6) is 0 Å². The third kappa shape index (κ3) is 2.84. The quantitative estimate of drug-likeness (QED) is 0.354. The van der Waals surface area contributed by atoms with E-state index in [1.165, 1.54) is 28.3 Å². The molecule has 0 unspecified atom stereocenters. The van der Waals surface area contributed by atoms with E-state index in [1.54, 1.807) is 12.1 Å². The summed E-state index contributed by atoms with van der Waals surface area (Å²) in [5.41, 5.74) is 8.00. The summed E-state index contributed by atoms with van der Waals surface area (Å²) in [6.07, 6.45) is 0. The second kappa shape index (κ2) is 6.59. The van der Waals surface area contributed by atoms with E-state index in [0.717, 1.165) is 17.1 Å². The summed E-state index contributed by atoms with van der Waals surface area (Å²) in [6.45, 7) is 4.55. The molecular weight excluding hydrogens is 357 g/mol. The average molecular weight is 379 g/mol. The lowest BCUT2D eigenvalue weighted by molar-refractivity contribution is 0.628. The number of hydrogen-bond donors (Lipinski definition) is 0. The lowest BCUT2D eigenvalue weighted by atomic mass is 9.82. The van der Waals surface area contributed by atoms with Gasteiger partial charge in [-0.1, -0.05) is 68.4 Å². The van der Waals surface area contributed by atoms with E-state index >= 15 is 0 Å². The Kier molecular flexibility index (Phi) is 4.02. The smallest absolute Gasteiger partial charge is 0.125 e. The van der Waals surface area contributed by atoms with Crippen molar-refractivity contribution in [1.82, 2.24) is 0 Å². The Hall–Kier alpha value is -3.39. The number of halogens is 1. The SMILES string of the molecule is CC1(C)c2ccccc2-c2ccc(N(c3ccccc3)c3cccc(F)c3)cc21. The summed E-state index contributed by atoms with van der Waals surface area (Å²) in [5.74, 6) is -0.239. The Morgan fingerprint density at radius 3 is 2.03 bits per heavy atom. The molecule has 1 aliphatic carbocycles. The largest absolute Gasteiger partial charge is 0.310 e. The van der Waals surface area contributed by atoms with Gasteiger partial charge >= 0.3 is 0 Å². The molecule has 0 atom stereocenters. The fourth-order valence-corrected chi connectivity index (χ4v) is 4.47. The first kappa shape index (κ1) is 17.7. The predicted molar refractivity (Wildman–Crippen MR) is 119 cm³/mol. The topological polar surface area (TPSA) is 3.24 Å². The van der Waals surface area contributed by atoms with Gasteiger partial charge in [-0.15, -0.1) is 0 Å². The minimum absolute atomic E-state index is 0.0772. The van der Waals surface area contributed by atoms with Crippen molar-refractivity contribution in [1.29, 1.82) is 0 Å². The van der Waals surface area contributed by atoms with E-state index in [-0.39, 0.29) is 11.2 Å². The van der Waals surface area contributed by atoms with Crippen LogP contribution in [0.15, 0.2) is 97.1 Å². The normalized spacial score (nSPS) is 13.6. The van der Waals surface area contributed by atoms with Crippen LogP contribution in [-0.2, 0) is 5.41 Å². The molecule has 0 fully saturated rings. The standard InChI is InChI=1S/C27H22FN/c1-27(2)25-14-7-6-13-23(25)24-16-15-22(18-26(24)27)29(20-10-4-3-5-11-20)21-12-8-9-19(28)17-21/h3-18H,1-2H3. The van der Waals surface area contributed by atoms with E-state index < -0.39 is 0 Å². The minimum Gasteiger partial charge on any atom is -0.310 e. The highest BCUT2D eigenvalue weighted by molar-refractivity contribution is 5.85. The van der Waals surface area contributed by atoms with Gasteiger partial charge in [-0.05, 0) is 64.7 Å². The van der Waals surface area contributed by atoms with E-state index in [2.05, 4.69) is 73.3 Å². The molecule has 5 rings (SSSR count). The molecule has 2 heteroatoms. The fraction of sp³-hybridized carbons (Fsp3) is 0.111. The molecule has 0 aromatic heterocycles. The maximum Gasteiger partial charge on any atom is 0.125 e.